The zero-order valence-corrected chi connectivity index (χ0v) is 12.0. The summed E-state index contributed by atoms with van der Waals surface area (Å²) < 4.78 is 0. The Labute approximate surface area is 110 Å². The molecule has 1 aliphatic rings. The lowest BCUT2D eigenvalue weighted by atomic mass is 10.0. The lowest BCUT2D eigenvalue weighted by Crippen LogP contribution is -2.51. The number of likely N-dealkylation sites (N-methyl/N-ethyl adjacent to an activating group) is 1. The minimum Gasteiger partial charge on any atom is -0.387 e. The monoisotopic (exact) mass is 257 g/mol. The first-order valence-electron chi connectivity index (χ1n) is 6.81. The average molecular weight is 257 g/mol. The summed E-state index contributed by atoms with van der Waals surface area (Å²) in [6.45, 7) is 7.90. The molecule has 3 unspecified atom stereocenters. The highest BCUT2D eigenvalue weighted by Gasteiger charge is 2.34. The van der Waals surface area contributed by atoms with Crippen LogP contribution < -0.4 is 10.6 Å². The van der Waals surface area contributed by atoms with Crippen LogP contribution in [0.4, 0.5) is 0 Å². The SMILES string of the molecule is CCC(C)NC(=O)C(C)N(C)CC1(O)CCNC1. The minimum atomic E-state index is -0.695. The molecule has 5 nitrogen and oxygen atoms in total. The van der Waals surface area contributed by atoms with Gasteiger partial charge in [-0.3, -0.25) is 9.69 Å². The molecule has 0 radical (unpaired) electrons. The third kappa shape index (κ3) is 4.23. The minimum absolute atomic E-state index is 0.0291. The van der Waals surface area contributed by atoms with Gasteiger partial charge in [-0.15, -0.1) is 0 Å². The number of hydrogen-bond donors (Lipinski definition) is 3. The maximum atomic E-state index is 12.0. The highest BCUT2D eigenvalue weighted by Crippen LogP contribution is 2.16. The van der Waals surface area contributed by atoms with E-state index >= 15 is 0 Å². The predicted molar refractivity (Wildman–Crippen MR) is 72.4 cm³/mol. The van der Waals surface area contributed by atoms with E-state index in [-0.39, 0.29) is 18.0 Å². The molecule has 106 valence electrons. The van der Waals surface area contributed by atoms with Gasteiger partial charge < -0.3 is 15.7 Å². The molecule has 1 heterocycles. The van der Waals surface area contributed by atoms with E-state index in [4.69, 9.17) is 0 Å². The first-order valence-corrected chi connectivity index (χ1v) is 6.81. The zero-order chi connectivity index (χ0) is 13.8. The number of carbonyl (C=O) groups is 1. The van der Waals surface area contributed by atoms with Crippen LogP contribution in [0, 0.1) is 0 Å². The zero-order valence-electron chi connectivity index (χ0n) is 12.0. The van der Waals surface area contributed by atoms with Crippen LogP contribution in [0.3, 0.4) is 0 Å². The highest BCUT2D eigenvalue weighted by molar-refractivity contribution is 5.81. The van der Waals surface area contributed by atoms with E-state index in [1.54, 1.807) is 0 Å². The Morgan fingerprint density at radius 1 is 1.56 bits per heavy atom. The quantitative estimate of drug-likeness (QED) is 0.624. The van der Waals surface area contributed by atoms with Crippen molar-refractivity contribution in [3.63, 3.8) is 0 Å². The molecule has 5 heteroatoms. The topological polar surface area (TPSA) is 64.6 Å². The summed E-state index contributed by atoms with van der Waals surface area (Å²) in [7, 11) is 1.89. The summed E-state index contributed by atoms with van der Waals surface area (Å²) in [6.07, 6.45) is 1.67. The molecule has 0 aromatic heterocycles. The van der Waals surface area contributed by atoms with Crippen molar-refractivity contribution >= 4 is 5.91 Å². The van der Waals surface area contributed by atoms with Crippen molar-refractivity contribution in [2.75, 3.05) is 26.7 Å². The molecule has 1 rings (SSSR count). The Morgan fingerprint density at radius 3 is 2.72 bits per heavy atom. The van der Waals surface area contributed by atoms with Gasteiger partial charge in [-0.25, -0.2) is 0 Å². The van der Waals surface area contributed by atoms with Crippen LogP contribution in [0.5, 0.6) is 0 Å². The van der Waals surface area contributed by atoms with Crippen molar-refractivity contribution < 1.29 is 9.90 Å². The van der Waals surface area contributed by atoms with Crippen LogP contribution in [-0.2, 0) is 4.79 Å². The molecular weight excluding hydrogens is 230 g/mol. The Bertz CT molecular complexity index is 277. The number of hydrogen-bond acceptors (Lipinski definition) is 4. The van der Waals surface area contributed by atoms with E-state index in [1.807, 2.05) is 32.7 Å². The van der Waals surface area contributed by atoms with E-state index < -0.39 is 5.60 Å². The van der Waals surface area contributed by atoms with Crippen molar-refractivity contribution in [2.45, 2.75) is 51.3 Å². The Morgan fingerprint density at radius 2 is 2.22 bits per heavy atom. The first kappa shape index (κ1) is 15.4. The van der Waals surface area contributed by atoms with Gasteiger partial charge in [0.25, 0.3) is 0 Å². The second kappa shape index (κ2) is 6.50. The van der Waals surface area contributed by atoms with Crippen LogP contribution in [-0.4, -0.2) is 60.3 Å². The fraction of sp³-hybridized carbons (Fsp3) is 0.923. The molecular formula is C13H27N3O2. The number of amides is 1. The Balaban J connectivity index is 2.45. The van der Waals surface area contributed by atoms with Crippen molar-refractivity contribution in [3.05, 3.63) is 0 Å². The van der Waals surface area contributed by atoms with E-state index in [9.17, 15) is 9.90 Å². The lowest BCUT2D eigenvalue weighted by molar-refractivity contribution is -0.127. The molecule has 1 amide bonds. The molecule has 0 aliphatic carbocycles. The molecule has 0 aromatic rings. The lowest BCUT2D eigenvalue weighted by Gasteiger charge is -2.31. The summed E-state index contributed by atoms with van der Waals surface area (Å²) in [6, 6.07) is -0.0202. The smallest absolute Gasteiger partial charge is 0.237 e. The van der Waals surface area contributed by atoms with Crippen LogP contribution >= 0.6 is 0 Å². The van der Waals surface area contributed by atoms with Crippen LogP contribution in [0.1, 0.15) is 33.6 Å². The van der Waals surface area contributed by atoms with Crippen molar-refractivity contribution in [1.82, 2.24) is 15.5 Å². The standard InChI is InChI=1S/C13H27N3O2/c1-5-10(2)15-12(17)11(3)16(4)9-13(18)6-7-14-8-13/h10-11,14,18H,5-9H2,1-4H3,(H,15,17). The molecule has 3 atom stereocenters. The molecule has 1 fully saturated rings. The van der Waals surface area contributed by atoms with Crippen molar-refractivity contribution in [2.24, 2.45) is 0 Å². The third-order valence-electron chi connectivity index (χ3n) is 3.81. The van der Waals surface area contributed by atoms with Gasteiger partial charge in [0.15, 0.2) is 0 Å². The fourth-order valence-corrected chi connectivity index (χ4v) is 2.13. The average Bonchev–Trinajstić information content (AvgIpc) is 2.74. The second-order valence-corrected chi connectivity index (χ2v) is 5.56. The number of carbonyl (C=O) groups excluding carboxylic acids is 1. The van der Waals surface area contributed by atoms with Gasteiger partial charge in [0, 0.05) is 19.1 Å². The van der Waals surface area contributed by atoms with E-state index in [2.05, 4.69) is 10.6 Å². The van der Waals surface area contributed by atoms with Gasteiger partial charge in [0.1, 0.15) is 0 Å². The predicted octanol–water partition coefficient (Wildman–Crippen LogP) is -0.0542. The molecule has 0 saturated carbocycles. The van der Waals surface area contributed by atoms with Gasteiger partial charge in [-0.05, 0) is 40.3 Å². The molecule has 18 heavy (non-hydrogen) atoms. The van der Waals surface area contributed by atoms with Gasteiger partial charge in [0.05, 0.1) is 11.6 Å². The van der Waals surface area contributed by atoms with Gasteiger partial charge in [-0.2, -0.15) is 0 Å². The maximum absolute atomic E-state index is 12.0. The highest BCUT2D eigenvalue weighted by atomic mass is 16.3. The Hall–Kier alpha value is -0.650. The summed E-state index contributed by atoms with van der Waals surface area (Å²) in [5, 5.41) is 16.4. The van der Waals surface area contributed by atoms with Gasteiger partial charge in [-0.1, -0.05) is 6.92 Å². The normalized spacial score (nSPS) is 27.2. The first-order chi connectivity index (χ1) is 8.38. The van der Waals surface area contributed by atoms with Crippen LogP contribution in [0.25, 0.3) is 0 Å². The van der Waals surface area contributed by atoms with E-state index in [1.165, 1.54) is 0 Å². The van der Waals surface area contributed by atoms with E-state index in [0.29, 0.717) is 13.1 Å². The number of nitrogens with one attached hydrogen (secondary N) is 2. The molecule has 3 N–H and O–H groups in total. The molecule has 1 aliphatic heterocycles. The fourth-order valence-electron chi connectivity index (χ4n) is 2.13. The number of nitrogens with zero attached hydrogens (tertiary/aromatic N) is 1. The van der Waals surface area contributed by atoms with Gasteiger partial charge >= 0.3 is 0 Å². The van der Waals surface area contributed by atoms with Gasteiger partial charge in [0.2, 0.25) is 5.91 Å². The largest absolute Gasteiger partial charge is 0.387 e. The number of rotatable bonds is 6. The van der Waals surface area contributed by atoms with Crippen molar-refractivity contribution in [3.8, 4) is 0 Å². The summed E-state index contributed by atoms with van der Waals surface area (Å²) in [5.74, 6) is 0.0291. The molecule has 0 bridgehead atoms. The summed E-state index contributed by atoms with van der Waals surface area (Å²) in [5.41, 5.74) is -0.695. The molecule has 1 saturated heterocycles. The van der Waals surface area contributed by atoms with Crippen molar-refractivity contribution in [1.29, 1.82) is 0 Å². The summed E-state index contributed by atoms with van der Waals surface area (Å²) in [4.78, 5) is 13.9. The Kier molecular flexibility index (Phi) is 5.56. The molecule has 0 aromatic carbocycles. The maximum Gasteiger partial charge on any atom is 0.237 e. The second-order valence-electron chi connectivity index (χ2n) is 5.56. The summed E-state index contributed by atoms with van der Waals surface area (Å²) >= 11 is 0. The third-order valence-corrected chi connectivity index (χ3v) is 3.81. The number of aliphatic hydroxyl groups is 1. The van der Waals surface area contributed by atoms with Crippen LogP contribution in [0.15, 0.2) is 0 Å². The molecule has 0 spiro atoms. The van der Waals surface area contributed by atoms with Crippen LogP contribution in [0.2, 0.25) is 0 Å². The number of β-amino-alcohol motifs (C(OH)–C–C–N with tert-alkyl or cyclic N) is 1. The van der Waals surface area contributed by atoms with E-state index in [0.717, 1.165) is 19.4 Å².